The smallest absolute Gasteiger partial charge is 0.00852 e. The Morgan fingerprint density at radius 2 is 2.14 bits per heavy atom. The molecule has 1 N–H and O–H groups in total. The van der Waals surface area contributed by atoms with Gasteiger partial charge in [-0.25, -0.2) is 0 Å². The summed E-state index contributed by atoms with van der Waals surface area (Å²) in [5, 5.41) is 3.75. The second kappa shape index (κ2) is 7.89. The van der Waals surface area contributed by atoms with E-state index in [4.69, 9.17) is 0 Å². The quantitative estimate of drug-likeness (QED) is 0.708. The largest absolute Gasteiger partial charge is 0.311 e. The van der Waals surface area contributed by atoms with Crippen molar-refractivity contribution in [2.45, 2.75) is 45.2 Å². The summed E-state index contributed by atoms with van der Waals surface area (Å²) in [4.78, 5) is 0. The van der Waals surface area contributed by atoms with Gasteiger partial charge in [0.15, 0.2) is 0 Å². The summed E-state index contributed by atoms with van der Waals surface area (Å²) in [5.74, 6) is 5.28. The Labute approximate surface area is 97.2 Å². The average Bonchev–Trinajstić information content (AvgIpc) is 2.20. The van der Waals surface area contributed by atoms with Gasteiger partial charge in [0.2, 0.25) is 0 Å². The van der Waals surface area contributed by atoms with Crippen LogP contribution in [0.15, 0.2) is 0 Å². The minimum Gasteiger partial charge on any atom is -0.311 e. The van der Waals surface area contributed by atoms with Gasteiger partial charge in [0.25, 0.3) is 0 Å². The van der Waals surface area contributed by atoms with Gasteiger partial charge in [0.05, 0.1) is 0 Å². The third-order valence-corrected chi connectivity index (χ3v) is 4.62. The molecule has 1 aliphatic rings. The predicted octanol–water partition coefficient (Wildman–Crippen LogP) is 3.00. The van der Waals surface area contributed by atoms with Crippen LogP contribution < -0.4 is 5.32 Å². The molecule has 1 unspecified atom stereocenters. The molecule has 1 aliphatic heterocycles. The summed E-state index contributed by atoms with van der Waals surface area (Å²) in [6.45, 7) is 4.57. The van der Waals surface area contributed by atoms with Crippen molar-refractivity contribution in [3.63, 3.8) is 0 Å². The lowest BCUT2D eigenvalue weighted by Gasteiger charge is -2.26. The molecule has 0 amide bonds. The Morgan fingerprint density at radius 3 is 2.79 bits per heavy atom. The highest BCUT2D eigenvalue weighted by Gasteiger charge is 2.15. The summed E-state index contributed by atoms with van der Waals surface area (Å²) in [7, 11) is 0. The zero-order valence-corrected chi connectivity index (χ0v) is 11.1. The molecule has 0 aliphatic carbocycles. The van der Waals surface area contributed by atoms with E-state index in [-0.39, 0.29) is 0 Å². The van der Waals surface area contributed by atoms with Gasteiger partial charge in [-0.3, -0.25) is 0 Å². The first-order valence-corrected chi connectivity index (χ1v) is 8.05. The third kappa shape index (κ3) is 5.52. The van der Waals surface area contributed by atoms with Gasteiger partial charge in [-0.15, -0.1) is 0 Å². The van der Waals surface area contributed by atoms with Crippen LogP contribution in [-0.2, 0) is 0 Å². The molecule has 1 fully saturated rings. The summed E-state index contributed by atoms with van der Waals surface area (Å²) in [5.41, 5.74) is 0. The van der Waals surface area contributed by atoms with Crippen molar-refractivity contribution in [2.24, 2.45) is 0 Å². The average molecular weight is 233 g/mol. The molecule has 0 bridgehead atoms. The third-order valence-electron chi connectivity index (χ3n) is 2.64. The van der Waals surface area contributed by atoms with Crippen molar-refractivity contribution in [3.05, 3.63) is 0 Å². The lowest BCUT2D eigenvalue weighted by Crippen LogP contribution is -2.39. The lowest BCUT2D eigenvalue weighted by atomic mass is 10.1. The summed E-state index contributed by atoms with van der Waals surface area (Å²) >= 11 is 4.16. The highest BCUT2D eigenvalue weighted by Crippen LogP contribution is 2.17. The molecule has 14 heavy (non-hydrogen) atoms. The molecule has 1 nitrogen and oxygen atoms in total. The standard InChI is InChI=1S/C11H23NS2/c1-3-13-7-4-10(2)12-11-5-8-14-9-6-11/h10-12H,3-9H2,1-2H3. The number of hydrogen-bond acceptors (Lipinski definition) is 3. The van der Waals surface area contributed by atoms with Crippen LogP contribution in [0, 0.1) is 0 Å². The number of hydrogen-bond donors (Lipinski definition) is 1. The van der Waals surface area contributed by atoms with E-state index >= 15 is 0 Å². The molecular formula is C11H23NS2. The predicted molar refractivity (Wildman–Crippen MR) is 70.6 cm³/mol. The molecule has 0 saturated carbocycles. The Hall–Kier alpha value is 0.660. The SMILES string of the molecule is CCSCCC(C)NC1CCSCC1. The van der Waals surface area contributed by atoms with Crippen molar-refractivity contribution in [2.75, 3.05) is 23.0 Å². The van der Waals surface area contributed by atoms with Crippen LogP contribution in [0.3, 0.4) is 0 Å². The first-order valence-electron chi connectivity index (χ1n) is 5.74. The van der Waals surface area contributed by atoms with Crippen LogP contribution in [0.5, 0.6) is 0 Å². The van der Waals surface area contributed by atoms with E-state index in [2.05, 4.69) is 42.7 Å². The van der Waals surface area contributed by atoms with Crippen LogP contribution in [0.4, 0.5) is 0 Å². The molecule has 3 heteroatoms. The van der Waals surface area contributed by atoms with Gasteiger partial charge in [0.1, 0.15) is 0 Å². The molecule has 1 heterocycles. The molecule has 1 saturated heterocycles. The molecule has 0 aromatic carbocycles. The second-order valence-corrected chi connectivity index (χ2v) is 6.56. The van der Waals surface area contributed by atoms with E-state index in [1.165, 1.54) is 42.3 Å². The van der Waals surface area contributed by atoms with E-state index in [9.17, 15) is 0 Å². The highest BCUT2D eigenvalue weighted by molar-refractivity contribution is 7.99. The number of nitrogens with one attached hydrogen (secondary N) is 1. The van der Waals surface area contributed by atoms with Gasteiger partial charge < -0.3 is 5.32 Å². The Balaban J connectivity index is 2.03. The minimum atomic E-state index is 0.710. The van der Waals surface area contributed by atoms with Crippen molar-refractivity contribution in [1.29, 1.82) is 0 Å². The van der Waals surface area contributed by atoms with E-state index < -0.39 is 0 Å². The van der Waals surface area contributed by atoms with Gasteiger partial charge in [0, 0.05) is 12.1 Å². The first-order chi connectivity index (χ1) is 6.83. The maximum Gasteiger partial charge on any atom is 0.00852 e. The Kier molecular flexibility index (Phi) is 7.17. The van der Waals surface area contributed by atoms with Crippen LogP contribution in [-0.4, -0.2) is 35.1 Å². The number of thioether (sulfide) groups is 2. The van der Waals surface area contributed by atoms with Crippen molar-refractivity contribution in [1.82, 2.24) is 5.32 Å². The lowest BCUT2D eigenvalue weighted by molar-refractivity contribution is 0.417. The fraction of sp³-hybridized carbons (Fsp3) is 1.00. The molecular weight excluding hydrogens is 210 g/mol. The second-order valence-electron chi connectivity index (χ2n) is 3.94. The van der Waals surface area contributed by atoms with Crippen LogP contribution in [0.1, 0.15) is 33.1 Å². The van der Waals surface area contributed by atoms with Crippen molar-refractivity contribution >= 4 is 23.5 Å². The zero-order valence-electron chi connectivity index (χ0n) is 9.42. The zero-order chi connectivity index (χ0) is 10.2. The van der Waals surface area contributed by atoms with E-state index in [1.54, 1.807) is 0 Å². The molecule has 84 valence electrons. The normalized spacial score (nSPS) is 21.0. The molecule has 0 radical (unpaired) electrons. The molecule has 1 rings (SSSR count). The van der Waals surface area contributed by atoms with Crippen LogP contribution in [0.25, 0.3) is 0 Å². The fourth-order valence-electron chi connectivity index (χ4n) is 1.75. The van der Waals surface area contributed by atoms with Crippen LogP contribution in [0.2, 0.25) is 0 Å². The van der Waals surface area contributed by atoms with E-state index in [1.807, 2.05) is 0 Å². The van der Waals surface area contributed by atoms with Gasteiger partial charge >= 0.3 is 0 Å². The molecule has 0 aromatic heterocycles. The summed E-state index contributed by atoms with van der Waals surface area (Å²) in [6, 6.07) is 1.51. The molecule has 0 spiro atoms. The summed E-state index contributed by atoms with van der Waals surface area (Å²) < 4.78 is 0. The van der Waals surface area contributed by atoms with Crippen molar-refractivity contribution in [3.8, 4) is 0 Å². The van der Waals surface area contributed by atoms with E-state index in [0.717, 1.165) is 6.04 Å². The van der Waals surface area contributed by atoms with E-state index in [0.29, 0.717) is 6.04 Å². The minimum absolute atomic E-state index is 0.710. The molecule has 0 aromatic rings. The summed E-state index contributed by atoms with van der Waals surface area (Å²) in [6.07, 6.45) is 4.06. The monoisotopic (exact) mass is 233 g/mol. The van der Waals surface area contributed by atoms with Crippen LogP contribution >= 0.6 is 23.5 Å². The Bertz CT molecular complexity index is 135. The van der Waals surface area contributed by atoms with Gasteiger partial charge in [-0.05, 0) is 49.2 Å². The fourth-order valence-corrected chi connectivity index (χ4v) is 3.67. The number of rotatable bonds is 6. The topological polar surface area (TPSA) is 12.0 Å². The van der Waals surface area contributed by atoms with Crippen molar-refractivity contribution < 1.29 is 0 Å². The Morgan fingerprint density at radius 1 is 1.43 bits per heavy atom. The highest BCUT2D eigenvalue weighted by atomic mass is 32.2. The van der Waals surface area contributed by atoms with Gasteiger partial charge in [-0.2, -0.15) is 23.5 Å². The molecule has 1 atom stereocenters. The first kappa shape index (κ1) is 12.7. The maximum absolute atomic E-state index is 3.75. The maximum atomic E-state index is 3.75. The van der Waals surface area contributed by atoms with Gasteiger partial charge in [-0.1, -0.05) is 6.92 Å².